The Bertz CT molecular complexity index is 1690. The number of para-hydroxylation sites is 2. The third-order valence-electron chi connectivity index (χ3n) is 6.21. The van der Waals surface area contributed by atoms with Gasteiger partial charge in [-0.3, -0.25) is 4.57 Å². The number of pyridine rings is 2. The number of thiol groups is 1. The van der Waals surface area contributed by atoms with Gasteiger partial charge in [-0.05, 0) is 53.9 Å². The van der Waals surface area contributed by atoms with Crippen molar-refractivity contribution in [1.82, 2.24) is 14.5 Å². The molecule has 166 valence electrons. The molecule has 3 heterocycles. The van der Waals surface area contributed by atoms with Gasteiger partial charge in [0.15, 0.2) is 0 Å². The molecule has 0 aliphatic rings. The first-order valence-electron chi connectivity index (χ1n) is 11.3. The largest absolute Gasteiger partial charge is 0.439 e. The van der Waals surface area contributed by atoms with Crippen molar-refractivity contribution in [1.29, 1.82) is 0 Å². The van der Waals surface area contributed by atoms with Crippen LogP contribution in [0.3, 0.4) is 0 Å². The molecule has 0 fully saturated rings. The summed E-state index contributed by atoms with van der Waals surface area (Å²) >= 11 is 4.55. The lowest BCUT2D eigenvalue weighted by Gasteiger charge is -2.11. The Morgan fingerprint density at radius 1 is 0.824 bits per heavy atom. The summed E-state index contributed by atoms with van der Waals surface area (Å²) in [5.41, 5.74) is 4.24. The maximum absolute atomic E-state index is 6.22. The van der Waals surface area contributed by atoms with E-state index in [-0.39, 0.29) is 0 Å². The number of hydrogen-bond donors (Lipinski definition) is 1. The minimum absolute atomic E-state index is 0.421. The van der Waals surface area contributed by atoms with E-state index in [1.54, 1.807) is 0 Å². The number of rotatable bonds is 4. The molecule has 0 unspecified atom stereocenters. The molecule has 0 bridgehead atoms. The van der Waals surface area contributed by atoms with Crippen LogP contribution in [0.4, 0.5) is 0 Å². The summed E-state index contributed by atoms with van der Waals surface area (Å²) in [4.78, 5) is 10.2. The number of benzene rings is 3. The molecule has 3 aromatic carbocycles. The van der Waals surface area contributed by atoms with E-state index in [2.05, 4.69) is 84.6 Å². The van der Waals surface area contributed by atoms with Gasteiger partial charge in [0.25, 0.3) is 0 Å². The fourth-order valence-electron chi connectivity index (χ4n) is 4.47. The summed E-state index contributed by atoms with van der Waals surface area (Å²) < 4.78 is 8.43. The molecule has 0 saturated heterocycles. The van der Waals surface area contributed by atoms with Crippen LogP contribution in [0, 0.1) is 0 Å². The van der Waals surface area contributed by atoms with Crippen molar-refractivity contribution in [2.24, 2.45) is 0 Å². The van der Waals surface area contributed by atoms with Gasteiger partial charge in [-0.1, -0.05) is 44.2 Å². The lowest BCUT2D eigenvalue weighted by Crippen LogP contribution is -1.99. The van der Waals surface area contributed by atoms with E-state index in [0.29, 0.717) is 11.8 Å². The Morgan fingerprint density at radius 2 is 1.68 bits per heavy atom. The second-order valence-electron chi connectivity index (χ2n) is 8.73. The molecule has 3 aromatic heterocycles. The van der Waals surface area contributed by atoms with Crippen LogP contribution in [0.15, 0.2) is 96.0 Å². The van der Waals surface area contributed by atoms with Gasteiger partial charge in [-0.25, -0.2) is 9.97 Å². The highest BCUT2D eigenvalue weighted by Crippen LogP contribution is 2.35. The summed E-state index contributed by atoms with van der Waals surface area (Å²) in [6.07, 6.45) is 1.89. The standard InChI is InChI=1S/C29H23N3OS/c1-18(2)20-14-15-30-27(16-20)32-24-8-4-3-7-22(24)23-12-11-21(17-25(23)32)33-28-13-10-19-6-5-9-26(34)29(19)31-28/h3-18,34H,1-2H3. The van der Waals surface area contributed by atoms with Crippen molar-refractivity contribution >= 4 is 45.3 Å². The van der Waals surface area contributed by atoms with Crippen molar-refractivity contribution in [3.63, 3.8) is 0 Å². The minimum atomic E-state index is 0.421. The van der Waals surface area contributed by atoms with Crippen molar-refractivity contribution in [3.8, 4) is 17.4 Å². The van der Waals surface area contributed by atoms with Crippen LogP contribution < -0.4 is 4.74 Å². The van der Waals surface area contributed by atoms with Crippen LogP contribution in [-0.2, 0) is 0 Å². The Hall–Kier alpha value is -3.83. The van der Waals surface area contributed by atoms with Crippen molar-refractivity contribution in [2.75, 3.05) is 0 Å². The van der Waals surface area contributed by atoms with E-state index in [1.807, 2.05) is 42.6 Å². The molecule has 0 N–H and O–H groups in total. The monoisotopic (exact) mass is 461 g/mol. The maximum Gasteiger partial charge on any atom is 0.219 e. The fourth-order valence-corrected chi connectivity index (χ4v) is 4.73. The van der Waals surface area contributed by atoms with Crippen LogP contribution in [0.25, 0.3) is 38.5 Å². The predicted molar refractivity (Wildman–Crippen MR) is 142 cm³/mol. The third-order valence-corrected chi connectivity index (χ3v) is 6.57. The van der Waals surface area contributed by atoms with Gasteiger partial charge in [0.05, 0.1) is 16.6 Å². The van der Waals surface area contributed by atoms with E-state index >= 15 is 0 Å². The topological polar surface area (TPSA) is 39.9 Å². The van der Waals surface area contributed by atoms with Gasteiger partial charge in [0, 0.05) is 39.4 Å². The van der Waals surface area contributed by atoms with Crippen LogP contribution in [0.5, 0.6) is 11.6 Å². The second kappa shape index (κ2) is 8.19. The van der Waals surface area contributed by atoms with E-state index in [9.17, 15) is 0 Å². The number of fused-ring (bicyclic) bond motifs is 4. The van der Waals surface area contributed by atoms with Gasteiger partial charge in [-0.2, -0.15) is 0 Å². The number of aromatic nitrogens is 3. The zero-order valence-corrected chi connectivity index (χ0v) is 19.8. The first-order valence-corrected chi connectivity index (χ1v) is 11.8. The highest BCUT2D eigenvalue weighted by molar-refractivity contribution is 7.80. The zero-order valence-electron chi connectivity index (χ0n) is 18.9. The Kier molecular flexibility index (Phi) is 5.00. The number of ether oxygens (including phenoxy) is 1. The quantitative estimate of drug-likeness (QED) is 0.271. The molecule has 0 atom stereocenters. The summed E-state index contributed by atoms with van der Waals surface area (Å²) in [6.45, 7) is 4.40. The predicted octanol–water partition coefficient (Wildman–Crippen LogP) is 7.93. The lowest BCUT2D eigenvalue weighted by molar-refractivity contribution is 0.465. The van der Waals surface area contributed by atoms with E-state index in [1.165, 1.54) is 10.9 Å². The summed E-state index contributed by atoms with van der Waals surface area (Å²) in [5.74, 6) is 2.58. The van der Waals surface area contributed by atoms with Gasteiger partial charge >= 0.3 is 0 Å². The molecule has 0 radical (unpaired) electrons. The molecule has 4 nitrogen and oxygen atoms in total. The van der Waals surface area contributed by atoms with Crippen molar-refractivity contribution in [2.45, 2.75) is 24.7 Å². The smallest absolute Gasteiger partial charge is 0.219 e. The molecular formula is C29H23N3OS. The average Bonchev–Trinajstić information content (AvgIpc) is 3.18. The van der Waals surface area contributed by atoms with Gasteiger partial charge in [-0.15, -0.1) is 12.6 Å². The highest BCUT2D eigenvalue weighted by Gasteiger charge is 2.15. The Morgan fingerprint density at radius 3 is 2.56 bits per heavy atom. The fraction of sp³-hybridized carbons (Fsp3) is 0.103. The zero-order chi connectivity index (χ0) is 23.2. The molecule has 34 heavy (non-hydrogen) atoms. The molecule has 6 rings (SSSR count). The molecule has 0 aliphatic carbocycles. The van der Waals surface area contributed by atoms with Gasteiger partial charge in [0.2, 0.25) is 5.88 Å². The Balaban J connectivity index is 1.51. The molecule has 0 aliphatic heterocycles. The first kappa shape index (κ1) is 20.8. The van der Waals surface area contributed by atoms with Crippen LogP contribution in [0.1, 0.15) is 25.3 Å². The summed E-state index contributed by atoms with van der Waals surface area (Å²) in [7, 11) is 0. The van der Waals surface area contributed by atoms with E-state index in [4.69, 9.17) is 9.72 Å². The molecular weight excluding hydrogens is 438 g/mol. The number of hydrogen-bond acceptors (Lipinski definition) is 4. The van der Waals surface area contributed by atoms with Crippen molar-refractivity contribution in [3.05, 3.63) is 96.7 Å². The first-order chi connectivity index (χ1) is 16.6. The molecule has 0 saturated carbocycles. The second-order valence-corrected chi connectivity index (χ2v) is 9.22. The van der Waals surface area contributed by atoms with E-state index < -0.39 is 0 Å². The molecule has 6 aromatic rings. The summed E-state index contributed by atoms with van der Waals surface area (Å²) in [5, 5.41) is 3.37. The van der Waals surface area contributed by atoms with Gasteiger partial charge < -0.3 is 4.74 Å². The van der Waals surface area contributed by atoms with Crippen LogP contribution >= 0.6 is 12.6 Å². The normalized spacial score (nSPS) is 11.6. The van der Waals surface area contributed by atoms with E-state index in [0.717, 1.165) is 43.8 Å². The third kappa shape index (κ3) is 3.49. The number of nitrogens with zero attached hydrogens (tertiary/aromatic N) is 3. The highest BCUT2D eigenvalue weighted by atomic mass is 32.1. The minimum Gasteiger partial charge on any atom is -0.439 e. The molecule has 0 amide bonds. The van der Waals surface area contributed by atoms with Gasteiger partial charge in [0.1, 0.15) is 11.6 Å². The molecule has 5 heteroatoms. The molecule has 0 spiro atoms. The maximum atomic E-state index is 6.22. The Labute approximate surface area is 203 Å². The van der Waals surface area contributed by atoms with Crippen LogP contribution in [-0.4, -0.2) is 14.5 Å². The average molecular weight is 462 g/mol. The lowest BCUT2D eigenvalue weighted by atomic mass is 10.1. The SMILES string of the molecule is CC(C)c1ccnc(-n2c3ccccc3c3ccc(Oc4ccc5cccc(S)c5n4)cc32)c1. The van der Waals surface area contributed by atoms with Crippen LogP contribution in [0.2, 0.25) is 0 Å². The summed E-state index contributed by atoms with van der Waals surface area (Å²) in [6, 6.07) is 28.7. The van der Waals surface area contributed by atoms with Crippen molar-refractivity contribution < 1.29 is 4.74 Å².